The first kappa shape index (κ1) is 5.74. The molecule has 0 radical (unpaired) electrons. The molecule has 0 aliphatic carbocycles. The lowest BCUT2D eigenvalue weighted by Gasteiger charge is -1.81. The van der Waals surface area contributed by atoms with Crippen molar-refractivity contribution in [2.24, 2.45) is 0 Å². The zero-order chi connectivity index (χ0) is 5.82. The molecule has 0 spiro atoms. The second-order valence-electron chi connectivity index (χ2n) is 1.54. The summed E-state index contributed by atoms with van der Waals surface area (Å²) in [7, 11) is -0.489. The third-order valence-electron chi connectivity index (χ3n) is 0.949. The third-order valence-corrected chi connectivity index (χ3v) is 1.63. The van der Waals surface area contributed by atoms with Gasteiger partial charge in [0, 0.05) is 0 Å². The molecular weight excluding hydrogens is 119 g/mol. The predicted octanol–water partition coefficient (Wildman–Crippen LogP) is 0.630. The normalized spacial score (nSPS) is 10.6. The van der Waals surface area contributed by atoms with Gasteiger partial charge in [-0.3, -0.25) is 4.89 Å². The summed E-state index contributed by atoms with van der Waals surface area (Å²) in [5, 5.41) is 1.05. The molecule has 0 aliphatic rings. The van der Waals surface area contributed by atoms with Crippen molar-refractivity contribution in [3.05, 3.63) is 30.3 Å². The summed E-state index contributed by atoms with van der Waals surface area (Å²) in [6.45, 7) is 0. The molecular formula is C6H8OP+. The summed E-state index contributed by atoms with van der Waals surface area (Å²) in [5.41, 5.74) is 0. The van der Waals surface area contributed by atoms with Crippen LogP contribution in [0.1, 0.15) is 0 Å². The van der Waals surface area contributed by atoms with Crippen LogP contribution in [0.4, 0.5) is 0 Å². The fraction of sp³-hybridized carbons (Fsp3) is 0. The molecule has 42 valence electrons. The molecule has 0 fully saturated rings. The second-order valence-corrected chi connectivity index (χ2v) is 2.46. The standard InChI is InChI=1S/C6H7OP/c7-8-6-4-2-1-3-5-6/h1-5,7-8H/p+1. The number of hydrogen-bond acceptors (Lipinski definition) is 1. The summed E-state index contributed by atoms with van der Waals surface area (Å²) < 4.78 is 0. The van der Waals surface area contributed by atoms with Crippen LogP contribution < -0.4 is 5.30 Å². The van der Waals surface area contributed by atoms with Crippen LogP contribution in [0, 0.1) is 0 Å². The molecule has 0 aliphatic heterocycles. The van der Waals surface area contributed by atoms with Crippen molar-refractivity contribution in [3.8, 4) is 0 Å². The van der Waals surface area contributed by atoms with E-state index in [1.165, 1.54) is 0 Å². The van der Waals surface area contributed by atoms with Gasteiger partial charge in [-0.25, -0.2) is 0 Å². The summed E-state index contributed by atoms with van der Waals surface area (Å²) in [4.78, 5) is 8.62. The van der Waals surface area contributed by atoms with Gasteiger partial charge in [-0.2, -0.15) is 0 Å². The highest BCUT2D eigenvalue weighted by Crippen LogP contribution is 1.99. The molecule has 1 N–H and O–H groups in total. The van der Waals surface area contributed by atoms with Crippen LogP contribution in [0.5, 0.6) is 0 Å². The van der Waals surface area contributed by atoms with Gasteiger partial charge in [-0.1, -0.05) is 18.2 Å². The Kier molecular flexibility index (Phi) is 2.01. The zero-order valence-corrected chi connectivity index (χ0v) is 5.57. The molecule has 1 unspecified atom stereocenters. The Balaban J connectivity index is 2.83. The van der Waals surface area contributed by atoms with Crippen LogP contribution in [0.15, 0.2) is 30.3 Å². The smallest absolute Gasteiger partial charge is 0.149 e. The van der Waals surface area contributed by atoms with Crippen molar-refractivity contribution in [2.75, 3.05) is 0 Å². The first-order chi connectivity index (χ1) is 3.93. The lowest BCUT2D eigenvalue weighted by Crippen LogP contribution is -1.88. The molecule has 0 saturated heterocycles. The monoisotopic (exact) mass is 127 g/mol. The second kappa shape index (κ2) is 2.81. The van der Waals surface area contributed by atoms with Crippen LogP contribution >= 0.6 is 8.81 Å². The summed E-state index contributed by atoms with van der Waals surface area (Å²) >= 11 is 0. The fourth-order valence-corrected chi connectivity index (χ4v) is 0.933. The van der Waals surface area contributed by atoms with E-state index in [0.717, 1.165) is 5.30 Å². The van der Waals surface area contributed by atoms with E-state index in [4.69, 9.17) is 4.89 Å². The summed E-state index contributed by atoms with van der Waals surface area (Å²) in [5.74, 6) is 0. The first-order valence-corrected chi connectivity index (χ1v) is 3.55. The fourth-order valence-electron chi connectivity index (χ4n) is 0.539. The zero-order valence-electron chi connectivity index (χ0n) is 4.41. The van der Waals surface area contributed by atoms with Gasteiger partial charge < -0.3 is 0 Å². The van der Waals surface area contributed by atoms with Gasteiger partial charge in [0.15, 0.2) is 0 Å². The Hall–Kier alpha value is -0.390. The molecule has 0 saturated carbocycles. The summed E-state index contributed by atoms with van der Waals surface area (Å²) in [6.07, 6.45) is 0. The third kappa shape index (κ3) is 1.29. The minimum Gasteiger partial charge on any atom is -0.251 e. The van der Waals surface area contributed by atoms with Crippen LogP contribution in [-0.4, -0.2) is 4.89 Å². The molecule has 0 amide bonds. The molecule has 1 nitrogen and oxygen atoms in total. The topological polar surface area (TPSA) is 20.2 Å². The Morgan fingerprint density at radius 3 is 2.12 bits per heavy atom. The van der Waals surface area contributed by atoms with Crippen LogP contribution in [0.25, 0.3) is 0 Å². The minimum atomic E-state index is -0.489. The van der Waals surface area contributed by atoms with Gasteiger partial charge >= 0.3 is 0 Å². The van der Waals surface area contributed by atoms with E-state index in [1.807, 2.05) is 30.3 Å². The minimum absolute atomic E-state index is 0.489. The van der Waals surface area contributed by atoms with Crippen LogP contribution in [-0.2, 0) is 0 Å². The SMILES string of the molecule is O[PH2+]c1ccccc1. The maximum absolute atomic E-state index is 8.62. The largest absolute Gasteiger partial charge is 0.251 e. The molecule has 0 bridgehead atoms. The predicted molar refractivity (Wildman–Crippen MR) is 38.0 cm³/mol. The molecule has 1 atom stereocenters. The van der Waals surface area contributed by atoms with Gasteiger partial charge in [0.25, 0.3) is 0 Å². The van der Waals surface area contributed by atoms with E-state index < -0.39 is 8.81 Å². The highest BCUT2D eigenvalue weighted by Gasteiger charge is 1.89. The van der Waals surface area contributed by atoms with Crippen molar-refractivity contribution in [1.82, 2.24) is 0 Å². The van der Waals surface area contributed by atoms with E-state index in [9.17, 15) is 0 Å². The number of hydrogen-bond donors (Lipinski definition) is 1. The number of benzene rings is 1. The van der Waals surface area contributed by atoms with E-state index in [0.29, 0.717) is 0 Å². The molecule has 1 aromatic carbocycles. The molecule has 1 aromatic rings. The molecule has 0 heterocycles. The van der Waals surface area contributed by atoms with Gasteiger partial charge in [0.05, 0.1) is 0 Å². The van der Waals surface area contributed by atoms with Gasteiger partial charge in [0.2, 0.25) is 0 Å². The van der Waals surface area contributed by atoms with Crippen LogP contribution in [0.2, 0.25) is 0 Å². The van der Waals surface area contributed by atoms with E-state index in [2.05, 4.69) is 0 Å². The molecule has 0 aromatic heterocycles. The Morgan fingerprint density at radius 1 is 1.12 bits per heavy atom. The average Bonchev–Trinajstić information content (AvgIpc) is 1.90. The van der Waals surface area contributed by atoms with Gasteiger partial charge in [-0.15, -0.1) is 0 Å². The highest BCUT2D eigenvalue weighted by molar-refractivity contribution is 7.40. The Labute approximate surface area is 50.2 Å². The lowest BCUT2D eigenvalue weighted by atomic mass is 10.4. The van der Waals surface area contributed by atoms with Crippen molar-refractivity contribution >= 4 is 14.1 Å². The van der Waals surface area contributed by atoms with Gasteiger partial charge in [0.1, 0.15) is 14.1 Å². The summed E-state index contributed by atoms with van der Waals surface area (Å²) in [6, 6.07) is 9.65. The number of rotatable bonds is 1. The van der Waals surface area contributed by atoms with Crippen LogP contribution in [0.3, 0.4) is 0 Å². The average molecular weight is 127 g/mol. The quantitative estimate of drug-likeness (QED) is 0.548. The van der Waals surface area contributed by atoms with Crippen molar-refractivity contribution in [2.45, 2.75) is 0 Å². The van der Waals surface area contributed by atoms with E-state index >= 15 is 0 Å². The Bertz CT molecular complexity index is 150. The lowest BCUT2D eigenvalue weighted by molar-refractivity contribution is 0.655. The maximum Gasteiger partial charge on any atom is 0.149 e. The van der Waals surface area contributed by atoms with E-state index in [1.54, 1.807) is 0 Å². The van der Waals surface area contributed by atoms with Gasteiger partial charge in [-0.05, 0) is 12.1 Å². The van der Waals surface area contributed by atoms with Crippen molar-refractivity contribution < 1.29 is 4.89 Å². The highest BCUT2D eigenvalue weighted by atomic mass is 31.1. The molecule has 8 heavy (non-hydrogen) atoms. The molecule has 1 rings (SSSR count). The maximum atomic E-state index is 8.62. The first-order valence-electron chi connectivity index (χ1n) is 2.46. The van der Waals surface area contributed by atoms with E-state index in [-0.39, 0.29) is 0 Å². The Morgan fingerprint density at radius 2 is 1.75 bits per heavy atom. The molecule has 2 heteroatoms. The van der Waals surface area contributed by atoms with Crippen molar-refractivity contribution in [1.29, 1.82) is 0 Å². The van der Waals surface area contributed by atoms with Crippen molar-refractivity contribution in [3.63, 3.8) is 0 Å².